The molecular weight excluding hydrogens is 248 g/mol. The number of carbonyl (C=O) groups excluding carboxylic acids is 1. The Kier molecular flexibility index (Phi) is 2.66. The van der Waals surface area contributed by atoms with Crippen LogP contribution < -0.4 is 22.1 Å². The van der Waals surface area contributed by atoms with Gasteiger partial charge >= 0.3 is 5.76 Å². The maximum absolute atomic E-state index is 11.7. The van der Waals surface area contributed by atoms with Gasteiger partial charge in [0.05, 0.1) is 16.9 Å². The fourth-order valence-electron chi connectivity index (χ4n) is 2.24. The molecule has 1 aromatic carbocycles. The summed E-state index contributed by atoms with van der Waals surface area (Å²) in [5.74, 6) is -0.562. The lowest BCUT2D eigenvalue weighted by Gasteiger charge is -2.24. The first-order chi connectivity index (χ1) is 9.13. The van der Waals surface area contributed by atoms with Crippen LogP contribution in [0.5, 0.6) is 0 Å². The number of H-pyrrole nitrogens is 1. The van der Waals surface area contributed by atoms with E-state index < -0.39 is 5.76 Å². The summed E-state index contributed by atoms with van der Waals surface area (Å²) in [5.41, 5.74) is 7.90. The molecule has 1 aliphatic heterocycles. The zero-order valence-corrected chi connectivity index (χ0v) is 10.2. The average molecular weight is 262 g/mol. The van der Waals surface area contributed by atoms with Gasteiger partial charge in [-0.1, -0.05) is 0 Å². The second-order valence-electron chi connectivity index (χ2n) is 4.58. The lowest BCUT2D eigenvalue weighted by atomic mass is 10.1. The van der Waals surface area contributed by atoms with Crippen LogP contribution in [0.1, 0.15) is 12.8 Å². The summed E-state index contributed by atoms with van der Waals surface area (Å²) in [6.45, 7) is 0.709. The second kappa shape index (κ2) is 4.34. The van der Waals surface area contributed by atoms with E-state index >= 15 is 0 Å². The van der Waals surface area contributed by atoms with E-state index in [-0.39, 0.29) is 11.9 Å². The topological polar surface area (TPSA) is 113 Å². The fourth-order valence-corrected chi connectivity index (χ4v) is 2.24. The van der Waals surface area contributed by atoms with Crippen molar-refractivity contribution in [3.63, 3.8) is 0 Å². The Morgan fingerprint density at radius 2 is 2.21 bits per heavy atom. The van der Waals surface area contributed by atoms with Crippen LogP contribution in [0, 0.1) is 0 Å². The molecule has 1 amide bonds. The number of aromatic amines is 1. The number of hydrogen-bond acceptors (Lipinski definition) is 5. The molecule has 100 valence electrons. The first-order valence-corrected chi connectivity index (χ1v) is 6.10. The number of piperidine rings is 1. The minimum Gasteiger partial charge on any atom is -0.408 e. The van der Waals surface area contributed by atoms with Crippen molar-refractivity contribution >= 4 is 28.4 Å². The molecule has 2 heterocycles. The second-order valence-corrected chi connectivity index (χ2v) is 4.58. The summed E-state index contributed by atoms with van der Waals surface area (Å²) in [7, 11) is 0. The maximum Gasteiger partial charge on any atom is 0.417 e. The number of anilines is 2. The van der Waals surface area contributed by atoms with Crippen molar-refractivity contribution in [2.45, 2.75) is 18.9 Å². The van der Waals surface area contributed by atoms with E-state index in [1.54, 1.807) is 12.1 Å². The number of aromatic nitrogens is 1. The molecular formula is C12H14N4O3. The number of nitrogens with one attached hydrogen (secondary N) is 3. The third-order valence-electron chi connectivity index (χ3n) is 3.21. The lowest BCUT2D eigenvalue weighted by Crippen LogP contribution is -2.44. The zero-order chi connectivity index (χ0) is 13.4. The highest BCUT2D eigenvalue weighted by Crippen LogP contribution is 2.25. The summed E-state index contributed by atoms with van der Waals surface area (Å²) >= 11 is 0. The smallest absolute Gasteiger partial charge is 0.408 e. The first kappa shape index (κ1) is 11.6. The standard InChI is InChI=1S/C12H14N4O3/c13-6-4-10-9(16-12(18)19-10)5-8(6)15-7-2-1-3-14-11(7)17/h4-5,7,15H,1-3,13H2,(H,14,17)(H,16,18). The van der Waals surface area contributed by atoms with E-state index in [9.17, 15) is 9.59 Å². The van der Waals surface area contributed by atoms with Gasteiger partial charge in [-0.15, -0.1) is 0 Å². The Bertz CT molecular complexity index is 688. The van der Waals surface area contributed by atoms with Crippen LogP contribution in [0.2, 0.25) is 0 Å². The van der Waals surface area contributed by atoms with Crippen LogP contribution >= 0.6 is 0 Å². The highest BCUT2D eigenvalue weighted by Gasteiger charge is 2.22. The van der Waals surface area contributed by atoms with Gasteiger partial charge < -0.3 is 20.8 Å². The van der Waals surface area contributed by atoms with E-state index in [4.69, 9.17) is 10.2 Å². The number of amides is 1. The Morgan fingerprint density at radius 3 is 3.00 bits per heavy atom. The van der Waals surface area contributed by atoms with Crippen LogP contribution in [0.15, 0.2) is 21.3 Å². The molecule has 1 saturated heterocycles. The summed E-state index contributed by atoms with van der Waals surface area (Å²) in [6.07, 6.45) is 1.68. The Labute approximate surface area is 108 Å². The van der Waals surface area contributed by atoms with Crippen LogP contribution in [0.4, 0.5) is 11.4 Å². The van der Waals surface area contributed by atoms with Crippen molar-refractivity contribution in [2.75, 3.05) is 17.6 Å². The molecule has 5 N–H and O–H groups in total. The highest BCUT2D eigenvalue weighted by atomic mass is 16.4. The van der Waals surface area contributed by atoms with Crippen molar-refractivity contribution in [3.05, 3.63) is 22.7 Å². The van der Waals surface area contributed by atoms with Gasteiger partial charge in [-0.25, -0.2) is 4.79 Å². The van der Waals surface area contributed by atoms with Crippen molar-refractivity contribution in [1.29, 1.82) is 0 Å². The Hall–Kier alpha value is -2.44. The molecule has 0 bridgehead atoms. The van der Waals surface area contributed by atoms with Crippen molar-refractivity contribution < 1.29 is 9.21 Å². The van der Waals surface area contributed by atoms with Crippen molar-refractivity contribution in [1.82, 2.24) is 10.3 Å². The molecule has 1 aromatic heterocycles. The molecule has 0 spiro atoms. The fraction of sp³-hybridized carbons (Fsp3) is 0.333. The van der Waals surface area contributed by atoms with Gasteiger partial charge in [-0.3, -0.25) is 9.78 Å². The number of fused-ring (bicyclic) bond motifs is 1. The number of nitrogen functional groups attached to an aromatic ring is 1. The number of oxazole rings is 1. The van der Waals surface area contributed by atoms with Crippen molar-refractivity contribution in [2.24, 2.45) is 0 Å². The van der Waals surface area contributed by atoms with E-state index in [0.717, 1.165) is 12.8 Å². The van der Waals surface area contributed by atoms with Gasteiger partial charge in [0.2, 0.25) is 5.91 Å². The largest absolute Gasteiger partial charge is 0.417 e. The third-order valence-corrected chi connectivity index (χ3v) is 3.21. The molecule has 7 heteroatoms. The van der Waals surface area contributed by atoms with Crippen LogP contribution in [0.3, 0.4) is 0 Å². The monoisotopic (exact) mass is 262 g/mol. The Balaban J connectivity index is 1.93. The van der Waals surface area contributed by atoms with Gasteiger partial charge in [0.15, 0.2) is 5.58 Å². The third kappa shape index (κ3) is 2.14. The Morgan fingerprint density at radius 1 is 1.37 bits per heavy atom. The SMILES string of the molecule is Nc1cc2oc(=O)[nH]c2cc1NC1CCCNC1=O. The highest BCUT2D eigenvalue weighted by molar-refractivity contribution is 5.90. The van der Waals surface area contributed by atoms with Gasteiger partial charge in [0, 0.05) is 12.6 Å². The normalized spacial score (nSPS) is 19.4. The van der Waals surface area contributed by atoms with E-state index in [1.165, 1.54) is 0 Å². The van der Waals surface area contributed by atoms with Gasteiger partial charge in [0.1, 0.15) is 6.04 Å². The molecule has 7 nitrogen and oxygen atoms in total. The predicted octanol–water partition coefficient (Wildman–Crippen LogP) is 0.394. The number of rotatable bonds is 2. The zero-order valence-electron chi connectivity index (χ0n) is 10.2. The minimum absolute atomic E-state index is 0.0357. The van der Waals surface area contributed by atoms with Gasteiger partial charge in [-0.05, 0) is 18.9 Å². The molecule has 1 fully saturated rings. The number of carbonyl (C=O) groups is 1. The van der Waals surface area contributed by atoms with Crippen LogP contribution in [0.25, 0.3) is 11.1 Å². The van der Waals surface area contributed by atoms with Crippen LogP contribution in [-0.2, 0) is 4.79 Å². The predicted molar refractivity (Wildman–Crippen MR) is 70.9 cm³/mol. The molecule has 1 atom stereocenters. The van der Waals surface area contributed by atoms with Crippen LogP contribution in [-0.4, -0.2) is 23.5 Å². The quantitative estimate of drug-likeness (QED) is 0.585. The summed E-state index contributed by atoms with van der Waals surface area (Å²) < 4.78 is 4.92. The first-order valence-electron chi connectivity index (χ1n) is 6.10. The molecule has 0 saturated carbocycles. The molecule has 2 aromatic rings. The van der Waals surface area contributed by atoms with E-state index in [0.29, 0.717) is 29.0 Å². The summed E-state index contributed by atoms with van der Waals surface area (Å²) in [6, 6.07) is 2.94. The minimum atomic E-state index is -0.526. The van der Waals surface area contributed by atoms with E-state index in [1.807, 2.05) is 0 Å². The average Bonchev–Trinajstić information content (AvgIpc) is 2.71. The maximum atomic E-state index is 11.7. The van der Waals surface area contributed by atoms with Crippen molar-refractivity contribution in [3.8, 4) is 0 Å². The lowest BCUT2D eigenvalue weighted by molar-refractivity contribution is -0.123. The molecule has 3 rings (SSSR count). The van der Waals surface area contributed by atoms with E-state index in [2.05, 4.69) is 15.6 Å². The number of hydrogen-bond donors (Lipinski definition) is 4. The molecule has 1 aliphatic rings. The molecule has 1 unspecified atom stereocenters. The summed E-state index contributed by atoms with van der Waals surface area (Å²) in [5, 5.41) is 5.89. The molecule has 0 radical (unpaired) electrons. The van der Waals surface area contributed by atoms with Gasteiger partial charge in [0.25, 0.3) is 0 Å². The number of benzene rings is 1. The molecule has 19 heavy (non-hydrogen) atoms. The molecule has 0 aliphatic carbocycles. The summed E-state index contributed by atoms with van der Waals surface area (Å²) in [4.78, 5) is 25.3. The van der Waals surface area contributed by atoms with Gasteiger partial charge in [-0.2, -0.15) is 0 Å². The number of nitrogens with two attached hydrogens (primary N) is 1.